The van der Waals surface area contributed by atoms with Crippen molar-refractivity contribution in [3.63, 3.8) is 0 Å². The molecule has 0 saturated carbocycles. The smallest absolute Gasteiger partial charge is 0.229 e. The van der Waals surface area contributed by atoms with Gasteiger partial charge in [-0.2, -0.15) is 0 Å². The second-order valence-corrected chi connectivity index (χ2v) is 6.64. The molecule has 1 amide bonds. The molecule has 4 nitrogen and oxygen atoms in total. The summed E-state index contributed by atoms with van der Waals surface area (Å²) in [6.45, 7) is 2.80. The van der Waals surface area contributed by atoms with Crippen LogP contribution in [0.3, 0.4) is 0 Å². The van der Waals surface area contributed by atoms with Crippen LogP contribution < -0.4 is 0 Å². The summed E-state index contributed by atoms with van der Waals surface area (Å²) >= 11 is 3.23. The molecule has 1 aliphatic heterocycles. The minimum atomic E-state index is 0.169. The Bertz CT molecular complexity index is 564. The van der Waals surface area contributed by atoms with Gasteiger partial charge in [-0.25, -0.2) is 9.97 Å². The number of thiazole rings is 2. The predicted octanol–water partition coefficient (Wildman–Crippen LogP) is 2.81. The van der Waals surface area contributed by atoms with Gasteiger partial charge in [-0.3, -0.25) is 4.79 Å². The molecule has 2 aromatic heterocycles. The van der Waals surface area contributed by atoms with Gasteiger partial charge < -0.3 is 4.90 Å². The van der Waals surface area contributed by atoms with E-state index >= 15 is 0 Å². The van der Waals surface area contributed by atoms with E-state index in [1.807, 2.05) is 28.8 Å². The van der Waals surface area contributed by atoms with Crippen molar-refractivity contribution in [1.82, 2.24) is 14.9 Å². The molecule has 2 aromatic rings. The lowest BCUT2D eigenvalue weighted by molar-refractivity contribution is -0.131. The first-order valence-electron chi connectivity index (χ1n) is 6.34. The lowest BCUT2D eigenvalue weighted by Gasteiger charge is -2.22. The molecule has 3 heterocycles. The monoisotopic (exact) mass is 293 g/mol. The average Bonchev–Trinajstić information content (AvgIpc) is 3.07. The molecule has 0 N–H and O–H groups in total. The third-order valence-corrected chi connectivity index (χ3v) is 5.01. The van der Waals surface area contributed by atoms with Gasteiger partial charge in [0.1, 0.15) is 5.01 Å². The summed E-state index contributed by atoms with van der Waals surface area (Å²) in [6, 6.07) is 0.173. The molecule has 3 rings (SSSR count). The highest BCUT2D eigenvalue weighted by Crippen LogP contribution is 2.33. The van der Waals surface area contributed by atoms with Crippen LogP contribution in [-0.2, 0) is 11.2 Å². The van der Waals surface area contributed by atoms with E-state index in [1.165, 1.54) is 0 Å². The summed E-state index contributed by atoms with van der Waals surface area (Å²) in [7, 11) is 0. The van der Waals surface area contributed by atoms with Crippen molar-refractivity contribution in [2.75, 3.05) is 6.54 Å². The maximum Gasteiger partial charge on any atom is 0.229 e. The first kappa shape index (κ1) is 12.7. The fourth-order valence-corrected chi connectivity index (χ4v) is 3.86. The van der Waals surface area contributed by atoms with E-state index in [4.69, 9.17) is 0 Å². The zero-order chi connectivity index (χ0) is 13.2. The van der Waals surface area contributed by atoms with E-state index in [9.17, 15) is 4.79 Å². The standard InChI is InChI=1S/C13H15N3OS2/c1-9-15-10(8-19-9)7-12(17)16-5-2-3-11(16)13-14-4-6-18-13/h4,6,8,11H,2-3,5,7H2,1H3/t11-/m1/s1. The van der Waals surface area contributed by atoms with Gasteiger partial charge in [-0.05, 0) is 19.8 Å². The van der Waals surface area contributed by atoms with Gasteiger partial charge in [0.05, 0.1) is 23.2 Å². The minimum Gasteiger partial charge on any atom is -0.333 e. The quantitative estimate of drug-likeness (QED) is 0.874. The number of aromatic nitrogens is 2. The summed E-state index contributed by atoms with van der Waals surface area (Å²) in [5.74, 6) is 0.169. The maximum atomic E-state index is 12.4. The van der Waals surface area contributed by atoms with Gasteiger partial charge in [0.25, 0.3) is 0 Å². The fourth-order valence-electron chi connectivity index (χ4n) is 2.47. The molecule has 0 spiro atoms. The maximum absolute atomic E-state index is 12.4. The van der Waals surface area contributed by atoms with Gasteiger partial charge in [0.2, 0.25) is 5.91 Å². The second kappa shape index (κ2) is 5.38. The molecule has 1 fully saturated rings. The van der Waals surface area contributed by atoms with E-state index in [-0.39, 0.29) is 11.9 Å². The van der Waals surface area contributed by atoms with Crippen molar-refractivity contribution in [2.45, 2.75) is 32.2 Å². The van der Waals surface area contributed by atoms with E-state index in [1.54, 1.807) is 22.7 Å². The third-order valence-electron chi connectivity index (χ3n) is 3.31. The lowest BCUT2D eigenvalue weighted by atomic mass is 10.2. The van der Waals surface area contributed by atoms with Crippen molar-refractivity contribution in [2.24, 2.45) is 0 Å². The third kappa shape index (κ3) is 2.69. The Balaban J connectivity index is 1.72. The Kier molecular flexibility index (Phi) is 3.61. The molecule has 0 aliphatic carbocycles. The molecule has 0 radical (unpaired) electrons. The topological polar surface area (TPSA) is 46.1 Å². The highest BCUT2D eigenvalue weighted by molar-refractivity contribution is 7.09. The van der Waals surface area contributed by atoms with E-state index in [2.05, 4.69) is 9.97 Å². The zero-order valence-electron chi connectivity index (χ0n) is 10.7. The minimum absolute atomic E-state index is 0.169. The number of carbonyl (C=O) groups excluding carboxylic acids is 1. The molecule has 1 atom stereocenters. The number of hydrogen-bond donors (Lipinski definition) is 0. The Labute approximate surface area is 120 Å². The molecule has 0 aromatic carbocycles. The molecule has 100 valence electrons. The average molecular weight is 293 g/mol. The summed E-state index contributed by atoms with van der Waals surface area (Å²) in [5, 5.41) is 6.02. The number of nitrogens with zero attached hydrogens (tertiary/aromatic N) is 3. The van der Waals surface area contributed by atoms with Crippen molar-refractivity contribution < 1.29 is 4.79 Å². The van der Waals surface area contributed by atoms with Crippen LogP contribution in [0, 0.1) is 6.92 Å². The Morgan fingerprint density at radius 2 is 2.42 bits per heavy atom. The largest absolute Gasteiger partial charge is 0.333 e. The number of likely N-dealkylation sites (tertiary alicyclic amines) is 1. The first-order chi connectivity index (χ1) is 9.24. The van der Waals surface area contributed by atoms with Gasteiger partial charge in [0.15, 0.2) is 0 Å². The highest BCUT2D eigenvalue weighted by Gasteiger charge is 2.31. The Hall–Kier alpha value is -1.27. The van der Waals surface area contributed by atoms with Crippen LogP contribution in [0.5, 0.6) is 0 Å². The van der Waals surface area contributed by atoms with Gasteiger partial charge >= 0.3 is 0 Å². The summed E-state index contributed by atoms with van der Waals surface area (Å²) in [4.78, 5) is 23.1. The number of hydrogen-bond acceptors (Lipinski definition) is 5. The second-order valence-electron chi connectivity index (χ2n) is 4.65. The molecule has 19 heavy (non-hydrogen) atoms. The number of rotatable bonds is 3. The zero-order valence-corrected chi connectivity index (χ0v) is 12.3. The molecule has 0 unspecified atom stereocenters. The van der Waals surface area contributed by atoms with Crippen LogP contribution in [0.2, 0.25) is 0 Å². The molecular formula is C13H15N3OS2. The van der Waals surface area contributed by atoms with Gasteiger partial charge in [0, 0.05) is 23.5 Å². The lowest BCUT2D eigenvalue weighted by Crippen LogP contribution is -2.31. The van der Waals surface area contributed by atoms with Crippen molar-refractivity contribution in [3.8, 4) is 0 Å². The van der Waals surface area contributed by atoms with Crippen LogP contribution in [0.15, 0.2) is 17.0 Å². The molecule has 1 saturated heterocycles. The van der Waals surface area contributed by atoms with Crippen LogP contribution in [-0.4, -0.2) is 27.3 Å². The van der Waals surface area contributed by atoms with Crippen LogP contribution in [0.25, 0.3) is 0 Å². The number of carbonyl (C=O) groups is 1. The predicted molar refractivity (Wildman–Crippen MR) is 76.4 cm³/mol. The van der Waals surface area contributed by atoms with Crippen molar-refractivity contribution in [3.05, 3.63) is 32.7 Å². The first-order valence-corrected chi connectivity index (χ1v) is 8.10. The van der Waals surface area contributed by atoms with E-state index in [0.717, 1.165) is 35.1 Å². The Morgan fingerprint density at radius 3 is 3.11 bits per heavy atom. The van der Waals surface area contributed by atoms with Gasteiger partial charge in [-0.15, -0.1) is 22.7 Å². The number of aryl methyl sites for hydroxylation is 1. The highest BCUT2D eigenvalue weighted by atomic mass is 32.1. The van der Waals surface area contributed by atoms with E-state index in [0.29, 0.717) is 6.42 Å². The van der Waals surface area contributed by atoms with Crippen LogP contribution >= 0.6 is 22.7 Å². The molecule has 0 bridgehead atoms. The molecular weight excluding hydrogens is 278 g/mol. The summed E-state index contributed by atoms with van der Waals surface area (Å²) < 4.78 is 0. The Morgan fingerprint density at radius 1 is 1.53 bits per heavy atom. The molecule has 1 aliphatic rings. The van der Waals surface area contributed by atoms with Crippen LogP contribution in [0.1, 0.15) is 34.6 Å². The normalized spacial score (nSPS) is 19.0. The van der Waals surface area contributed by atoms with Gasteiger partial charge in [-0.1, -0.05) is 0 Å². The SMILES string of the molecule is Cc1nc(CC(=O)N2CCC[C@@H]2c2nccs2)cs1. The van der Waals surface area contributed by atoms with E-state index < -0.39 is 0 Å². The summed E-state index contributed by atoms with van der Waals surface area (Å²) in [6.07, 6.45) is 4.30. The van der Waals surface area contributed by atoms with Crippen molar-refractivity contribution >= 4 is 28.6 Å². The molecule has 6 heteroatoms. The fraction of sp³-hybridized carbons (Fsp3) is 0.462. The summed E-state index contributed by atoms with van der Waals surface area (Å²) in [5.41, 5.74) is 0.886. The number of amides is 1. The van der Waals surface area contributed by atoms with Crippen LogP contribution in [0.4, 0.5) is 0 Å². The van der Waals surface area contributed by atoms with Crippen molar-refractivity contribution in [1.29, 1.82) is 0 Å².